The van der Waals surface area contributed by atoms with Crippen LogP contribution in [0, 0.1) is 11.3 Å². The summed E-state index contributed by atoms with van der Waals surface area (Å²) in [6, 6.07) is 5.59. The summed E-state index contributed by atoms with van der Waals surface area (Å²) in [6.45, 7) is 4.30. The van der Waals surface area contributed by atoms with Crippen molar-refractivity contribution in [2.45, 2.75) is 22.7 Å². The van der Waals surface area contributed by atoms with Crippen molar-refractivity contribution in [2.24, 2.45) is 0 Å². The maximum Gasteiger partial charge on any atom is 0.206 e. The van der Waals surface area contributed by atoms with Crippen molar-refractivity contribution >= 4 is 28.2 Å². The van der Waals surface area contributed by atoms with E-state index >= 15 is 0 Å². The van der Waals surface area contributed by atoms with Crippen LogP contribution in [-0.2, 0) is 4.74 Å². The molecule has 0 aromatic carbocycles. The molecule has 110 valence electrons. The van der Waals surface area contributed by atoms with Gasteiger partial charge in [-0.3, -0.25) is 0 Å². The van der Waals surface area contributed by atoms with E-state index in [0.717, 1.165) is 40.7 Å². The van der Waals surface area contributed by atoms with Gasteiger partial charge in [-0.15, -0.1) is 10.2 Å². The van der Waals surface area contributed by atoms with Crippen LogP contribution in [0.1, 0.15) is 18.9 Å². The summed E-state index contributed by atoms with van der Waals surface area (Å²) in [5, 5.41) is 21.7. The lowest BCUT2D eigenvalue weighted by Gasteiger charge is -2.01. The molecule has 0 bridgehead atoms. The van der Waals surface area contributed by atoms with Crippen molar-refractivity contribution in [1.29, 1.82) is 5.26 Å². The van der Waals surface area contributed by atoms with Gasteiger partial charge in [-0.2, -0.15) is 5.26 Å². The summed E-state index contributed by atoms with van der Waals surface area (Å²) < 4.78 is 6.09. The maximum absolute atomic E-state index is 8.72. The molecule has 2 heterocycles. The van der Waals surface area contributed by atoms with Gasteiger partial charge < -0.3 is 10.1 Å². The zero-order valence-electron chi connectivity index (χ0n) is 11.6. The number of nitrogens with zero attached hydrogens (tertiary/aromatic N) is 4. The first-order valence-corrected chi connectivity index (χ1v) is 8.14. The number of rotatable bonds is 8. The molecule has 6 nitrogen and oxygen atoms in total. The Bertz CT molecular complexity index is 593. The highest BCUT2D eigenvalue weighted by atomic mass is 32.2. The van der Waals surface area contributed by atoms with E-state index in [9.17, 15) is 0 Å². The number of hydrogen-bond acceptors (Lipinski definition) is 8. The molecule has 0 saturated heterocycles. The van der Waals surface area contributed by atoms with Crippen LogP contribution < -0.4 is 5.32 Å². The average molecular weight is 321 g/mol. The number of pyridine rings is 1. The second-order valence-electron chi connectivity index (χ2n) is 3.95. The fraction of sp³-hybridized carbons (Fsp3) is 0.385. The molecule has 2 rings (SSSR count). The average Bonchev–Trinajstić information content (AvgIpc) is 2.95. The number of aromatic nitrogens is 3. The molecule has 0 aliphatic heterocycles. The highest BCUT2D eigenvalue weighted by Crippen LogP contribution is 2.30. The molecule has 1 N–H and O–H groups in total. The lowest BCUT2D eigenvalue weighted by Crippen LogP contribution is -2.05. The molecule has 2 aromatic rings. The van der Waals surface area contributed by atoms with E-state index in [1.54, 1.807) is 18.3 Å². The number of nitriles is 1. The summed E-state index contributed by atoms with van der Waals surface area (Å²) in [5.41, 5.74) is 0.549. The third-order valence-corrected chi connectivity index (χ3v) is 4.29. The first-order chi connectivity index (χ1) is 10.3. The van der Waals surface area contributed by atoms with E-state index in [-0.39, 0.29) is 0 Å². The Morgan fingerprint density at radius 2 is 2.33 bits per heavy atom. The molecule has 0 atom stereocenters. The van der Waals surface area contributed by atoms with Crippen LogP contribution in [-0.4, -0.2) is 34.9 Å². The molecule has 8 heteroatoms. The Balaban J connectivity index is 1.80. The van der Waals surface area contributed by atoms with Crippen LogP contribution in [0.5, 0.6) is 0 Å². The highest BCUT2D eigenvalue weighted by Gasteiger charge is 2.06. The van der Waals surface area contributed by atoms with Gasteiger partial charge in [0, 0.05) is 26.0 Å². The smallest absolute Gasteiger partial charge is 0.206 e. The van der Waals surface area contributed by atoms with E-state index in [4.69, 9.17) is 10.00 Å². The Labute approximate surface area is 131 Å². The van der Waals surface area contributed by atoms with E-state index in [2.05, 4.69) is 20.5 Å². The molecule has 0 aliphatic rings. The Kier molecular flexibility index (Phi) is 6.40. The maximum atomic E-state index is 8.72. The van der Waals surface area contributed by atoms with Gasteiger partial charge in [-0.05, 0) is 37.2 Å². The van der Waals surface area contributed by atoms with Gasteiger partial charge in [0.05, 0.1) is 5.56 Å². The number of nitrogens with one attached hydrogen (secondary N) is 1. The molecule has 0 spiro atoms. The van der Waals surface area contributed by atoms with E-state index in [0.29, 0.717) is 5.56 Å². The van der Waals surface area contributed by atoms with Gasteiger partial charge in [0.2, 0.25) is 5.13 Å². The van der Waals surface area contributed by atoms with Gasteiger partial charge in [0.25, 0.3) is 0 Å². The van der Waals surface area contributed by atoms with E-state index in [1.807, 2.05) is 13.0 Å². The van der Waals surface area contributed by atoms with Crippen LogP contribution in [0.2, 0.25) is 0 Å². The first-order valence-electron chi connectivity index (χ1n) is 6.51. The fourth-order valence-electron chi connectivity index (χ4n) is 1.43. The largest absolute Gasteiger partial charge is 0.382 e. The van der Waals surface area contributed by atoms with Crippen molar-refractivity contribution < 1.29 is 4.74 Å². The first kappa shape index (κ1) is 15.7. The van der Waals surface area contributed by atoms with Gasteiger partial charge in [-0.1, -0.05) is 11.3 Å². The van der Waals surface area contributed by atoms with E-state index in [1.165, 1.54) is 23.1 Å². The van der Waals surface area contributed by atoms with Crippen molar-refractivity contribution in [3.63, 3.8) is 0 Å². The quantitative estimate of drug-likeness (QED) is 0.748. The highest BCUT2D eigenvalue weighted by molar-refractivity contribution is 8.01. The fourth-order valence-corrected chi connectivity index (χ4v) is 3.10. The summed E-state index contributed by atoms with van der Waals surface area (Å²) in [7, 11) is 0. The SMILES string of the molecule is CCOCCCNc1nnc(Sc2ccc(C#N)cn2)s1. The van der Waals surface area contributed by atoms with Crippen LogP contribution in [0.15, 0.2) is 27.7 Å². The van der Waals surface area contributed by atoms with Gasteiger partial charge in [0.1, 0.15) is 11.1 Å². The Hall–Kier alpha value is -1.69. The predicted octanol–water partition coefficient (Wildman–Crippen LogP) is 2.79. The predicted molar refractivity (Wildman–Crippen MR) is 82.6 cm³/mol. The van der Waals surface area contributed by atoms with Crippen LogP contribution in [0.25, 0.3) is 0 Å². The number of anilines is 1. The van der Waals surface area contributed by atoms with Gasteiger partial charge in [0.15, 0.2) is 4.34 Å². The molecule has 2 aromatic heterocycles. The standard InChI is InChI=1S/C13H15N5OS2/c1-2-19-7-3-6-15-12-17-18-13(21-12)20-11-5-4-10(8-14)9-16-11/h4-5,9H,2-3,6-7H2,1H3,(H,15,17). The third-order valence-electron chi connectivity index (χ3n) is 2.41. The topological polar surface area (TPSA) is 83.7 Å². The second kappa shape index (κ2) is 8.56. The minimum atomic E-state index is 0.549. The monoisotopic (exact) mass is 321 g/mol. The third kappa shape index (κ3) is 5.30. The van der Waals surface area contributed by atoms with Gasteiger partial charge in [-0.25, -0.2) is 4.98 Å². The Morgan fingerprint density at radius 1 is 1.43 bits per heavy atom. The number of ether oxygens (including phenoxy) is 1. The molecular formula is C13H15N5OS2. The molecule has 0 radical (unpaired) electrons. The zero-order valence-corrected chi connectivity index (χ0v) is 13.2. The van der Waals surface area contributed by atoms with Crippen molar-refractivity contribution in [1.82, 2.24) is 15.2 Å². The van der Waals surface area contributed by atoms with Crippen LogP contribution >= 0.6 is 23.1 Å². The second-order valence-corrected chi connectivity index (χ2v) is 6.19. The molecule has 0 unspecified atom stereocenters. The molecule has 21 heavy (non-hydrogen) atoms. The number of hydrogen-bond donors (Lipinski definition) is 1. The minimum Gasteiger partial charge on any atom is -0.382 e. The van der Waals surface area contributed by atoms with E-state index < -0.39 is 0 Å². The molecular weight excluding hydrogens is 306 g/mol. The van der Waals surface area contributed by atoms with Crippen molar-refractivity contribution in [3.8, 4) is 6.07 Å². The summed E-state index contributed by atoms with van der Waals surface area (Å²) in [5.74, 6) is 0. The van der Waals surface area contributed by atoms with Crippen molar-refractivity contribution in [2.75, 3.05) is 25.1 Å². The lowest BCUT2D eigenvalue weighted by molar-refractivity contribution is 0.147. The molecule has 0 aliphatic carbocycles. The Morgan fingerprint density at radius 3 is 3.05 bits per heavy atom. The lowest BCUT2D eigenvalue weighted by atomic mass is 10.3. The zero-order chi connectivity index (χ0) is 14.9. The molecule has 0 fully saturated rings. The summed E-state index contributed by atoms with van der Waals surface area (Å²) in [6.07, 6.45) is 2.49. The molecule has 0 saturated carbocycles. The molecule has 0 amide bonds. The van der Waals surface area contributed by atoms with Crippen LogP contribution in [0.4, 0.5) is 5.13 Å². The van der Waals surface area contributed by atoms with Crippen LogP contribution in [0.3, 0.4) is 0 Å². The van der Waals surface area contributed by atoms with Gasteiger partial charge >= 0.3 is 0 Å². The summed E-state index contributed by atoms with van der Waals surface area (Å²) in [4.78, 5) is 4.19. The normalized spacial score (nSPS) is 10.3. The summed E-state index contributed by atoms with van der Waals surface area (Å²) >= 11 is 2.92. The minimum absolute atomic E-state index is 0.549. The van der Waals surface area contributed by atoms with Crippen molar-refractivity contribution in [3.05, 3.63) is 23.9 Å².